The third kappa shape index (κ3) is 3.03. The highest BCUT2D eigenvalue weighted by Crippen LogP contribution is 2.34. The van der Waals surface area contributed by atoms with Crippen molar-refractivity contribution < 1.29 is 23.9 Å². The van der Waals surface area contributed by atoms with Crippen molar-refractivity contribution in [1.29, 1.82) is 0 Å². The third-order valence-corrected chi connectivity index (χ3v) is 4.21. The van der Waals surface area contributed by atoms with Crippen LogP contribution in [0.3, 0.4) is 0 Å². The van der Waals surface area contributed by atoms with Crippen LogP contribution in [0.2, 0.25) is 0 Å². The summed E-state index contributed by atoms with van der Waals surface area (Å²) in [6.07, 6.45) is 1.44. The average molecular weight is 430 g/mol. The highest BCUT2D eigenvalue weighted by Gasteiger charge is 2.37. The molecule has 0 bridgehead atoms. The van der Waals surface area contributed by atoms with Crippen molar-refractivity contribution in [2.24, 2.45) is 0 Å². The molecule has 1 aliphatic rings. The van der Waals surface area contributed by atoms with Gasteiger partial charge in [-0.2, -0.15) is 0 Å². The first-order valence-electron chi connectivity index (χ1n) is 6.55. The second-order valence-electron chi connectivity index (χ2n) is 4.81. The fraction of sp³-hybridized carbons (Fsp3) is 0.267. The second kappa shape index (κ2) is 6.57. The van der Waals surface area contributed by atoms with E-state index in [-0.39, 0.29) is 5.57 Å². The molecule has 0 aromatic heterocycles. The van der Waals surface area contributed by atoms with Gasteiger partial charge < -0.3 is 9.47 Å². The summed E-state index contributed by atoms with van der Waals surface area (Å²) < 4.78 is 11.3. The Balaban J connectivity index is 2.53. The first kappa shape index (κ1) is 17.3. The van der Waals surface area contributed by atoms with Gasteiger partial charge in [0.1, 0.15) is 5.57 Å². The van der Waals surface area contributed by atoms with Crippen molar-refractivity contribution in [3.05, 3.63) is 26.8 Å². The number of carbonyl (C=O) groups is 3. The van der Waals surface area contributed by atoms with Crippen LogP contribution in [0.25, 0.3) is 6.08 Å². The van der Waals surface area contributed by atoms with Gasteiger partial charge in [0.2, 0.25) is 0 Å². The Labute approximate surface area is 147 Å². The van der Waals surface area contributed by atoms with E-state index in [1.165, 1.54) is 34.4 Å². The summed E-state index contributed by atoms with van der Waals surface area (Å²) in [5.74, 6) is -0.216. The lowest BCUT2D eigenvalue weighted by Crippen LogP contribution is -2.52. The molecule has 0 atom stereocenters. The van der Waals surface area contributed by atoms with Gasteiger partial charge >= 0.3 is 6.03 Å². The van der Waals surface area contributed by atoms with Crippen molar-refractivity contribution in [2.45, 2.75) is 0 Å². The van der Waals surface area contributed by atoms with E-state index in [2.05, 4.69) is 22.6 Å². The summed E-state index contributed by atoms with van der Waals surface area (Å²) in [5, 5.41) is 0. The smallest absolute Gasteiger partial charge is 0.333 e. The maximum atomic E-state index is 12.2. The molecule has 1 aliphatic heterocycles. The molecule has 0 N–H and O–H groups in total. The van der Waals surface area contributed by atoms with Gasteiger partial charge in [-0.3, -0.25) is 19.4 Å². The number of amides is 4. The van der Waals surface area contributed by atoms with Gasteiger partial charge in [-0.05, 0) is 46.4 Å². The number of barbiturate groups is 1. The van der Waals surface area contributed by atoms with Crippen LogP contribution in [-0.4, -0.2) is 56.0 Å². The van der Waals surface area contributed by atoms with Gasteiger partial charge in [0.05, 0.1) is 17.8 Å². The van der Waals surface area contributed by atoms with E-state index >= 15 is 0 Å². The summed E-state index contributed by atoms with van der Waals surface area (Å²) in [4.78, 5) is 37.9. The van der Waals surface area contributed by atoms with Gasteiger partial charge in [-0.1, -0.05) is 0 Å². The van der Waals surface area contributed by atoms with Crippen molar-refractivity contribution in [2.75, 3.05) is 28.3 Å². The summed E-state index contributed by atoms with van der Waals surface area (Å²) in [6, 6.07) is 2.76. The lowest BCUT2D eigenvalue weighted by molar-refractivity contribution is -0.134. The number of hydrogen-bond acceptors (Lipinski definition) is 5. The predicted molar refractivity (Wildman–Crippen MR) is 91.2 cm³/mol. The van der Waals surface area contributed by atoms with Crippen LogP contribution in [0.4, 0.5) is 4.79 Å². The van der Waals surface area contributed by atoms with E-state index in [4.69, 9.17) is 9.47 Å². The number of hydrogen-bond donors (Lipinski definition) is 0. The highest BCUT2D eigenvalue weighted by atomic mass is 127. The molecule has 1 saturated heterocycles. The third-order valence-electron chi connectivity index (χ3n) is 3.41. The van der Waals surface area contributed by atoms with E-state index in [0.717, 1.165) is 13.4 Å². The number of urea groups is 1. The van der Waals surface area contributed by atoms with Crippen LogP contribution in [0.1, 0.15) is 5.56 Å². The molecular formula is C15H15IN2O5. The van der Waals surface area contributed by atoms with Gasteiger partial charge in [-0.15, -0.1) is 0 Å². The van der Waals surface area contributed by atoms with Crippen molar-refractivity contribution in [3.63, 3.8) is 0 Å². The number of imide groups is 2. The molecule has 2 rings (SSSR count). The Bertz CT molecular complexity index is 703. The summed E-state index contributed by atoms with van der Waals surface area (Å²) in [6.45, 7) is 0. The van der Waals surface area contributed by atoms with Crippen molar-refractivity contribution in [3.8, 4) is 11.5 Å². The fourth-order valence-corrected chi connectivity index (χ4v) is 3.01. The molecule has 0 aliphatic carbocycles. The van der Waals surface area contributed by atoms with Gasteiger partial charge in [0.15, 0.2) is 11.5 Å². The first-order chi connectivity index (χ1) is 10.8. The molecule has 23 heavy (non-hydrogen) atoms. The zero-order valence-corrected chi connectivity index (χ0v) is 15.2. The van der Waals surface area contributed by atoms with E-state index < -0.39 is 17.8 Å². The molecule has 0 unspecified atom stereocenters. The zero-order valence-electron chi connectivity index (χ0n) is 13.0. The Morgan fingerprint density at radius 2 is 1.57 bits per heavy atom. The Kier molecular flexibility index (Phi) is 4.93. The minimum atomic E-state index is -0.654. The first-order valence-corrected chi connectivity index (χ1v) is 7.63. The van der Waals surface area contributed by atoms with Crippen LogP contribution >= 0.6 is 22.6 Å². The Morgan fingerprint density at radius 3 is 2.04 bits per heavy atom. The Morgan fingerprint density at radius 1 is 1.00 bits per heavy atom. The van der Waals surface area contributed by atoms with E-state index in [0.29, 0.717) is 17.1 Å². The second-order valence-corrected chi connectivity index (χ2v) is 5.97. The van der Waals surface area contributed by atoms with Crippen LogP contribution in [0, 0.1) is 3.57 Å². The number of carbonyl (C=O) groups excluding carboxylic acids is 3. The molecule has 1 aromatic carbocycles. The summed E-state index contributed by atoms with van der Waals surface area (Å²) >= 11 is 2.07. The standard InChI is InChI=1S/C15H15IN2O5/c1-17-13(19)9(14(20)18(2)15(17)21)5-8-6-10(16)12(23-4)11(7-8)22-3/h5-7H,1-4H3. The minimum Gasteiger partial charge on any atom is -0.493 e. The van der Waals surface area contributed by atoms with Crippen LogP contribution in [-0.2, 0) is 9.59 Å². The normalized spacial score (nSPS) is 15.2. The summed E-state index contributed by atoms with van der Waals surface area (Å²) in [7, 11) is 5.70. The molecule has 0 spiro atoms. The predicted octanol–water partition coefficient (Wildman–Crippen LogP) is 1.74. The number of likely N-dealkylation sites (N-methyl/N-ethyl adjacent to an activating group) is 2. The summed E-state index contributed by atoms with van der Waals surface area (Å²) in [5.41, 5.74) is 0.512. The van der Waals surface area contributed by atoms with Crippen LogP contribution in [0.5, 0.6) is 11.5 Å². The SMILES string of the molecule is COc1cc(C=C2C(=O)N(C)C(=O)N(C)C2=O)cc(I)c1OC. The number of nitrogens with zero attached hydrogens (tertiary/aromatic N) is 2. The molecule has 0 radical (unpaired) electrons. The maximum absolute atomic E-state index is 12.2. The van der Waals surface area contributed by atoms with Crippen molar-refractivity contribution >= 4 is 46.5 Å². The number of benzene rings is 1. The molecule has 4 amide bonds. The lowest BCUT2D eigenvalue weighted by atomic mass is 10.1. The lowest BCUT2D eigenvalue weighted by Gasteiger charge is -2.28. The van der Waals surface area contributed by atoms with Gasteiger partial charge in [-0.25, -0.2) is 4.79 Å². The molecule has 122 valence electrons. The minimum absolute atomic E-state index is 0.0855. The van der Waals surface area contributed by atoms with Crippen molar-refractivity contribution in [1.82, 2.24) is 9.80 Å². The number of methoxy groups -OCH3 is 2. The zero-order chi connectivity index (χ0) is 17.3. The largest absolute Gasteiger partial charge is 0.493 e. The number of rotatable bonds is 3. The maximum Gasteiger partial charge on any atom is 0.333 e. The van der Waals surface area contributed by atoms with E-state index in [1.54, 1.807) is 12.1 Å². The topological polar surface area (TPSA) is 76.2 Å². The number of halogens is 1. The monoisotopic (exact) mass is 430 g/mol. The quantitative estimate of drug-likeness (QED) is 0.415. The molecule has 0 saturated carbocycles. The Hall–Kier alpha value is -2.10. The van der Waals surface area contributed by atoms with Crippen LogP contribution < -0.4 is 9.47 Å². The highest BCUT2D eigenvalue weighted by molar-refractivity contribution is 14.1. The molecule has 1 heterocycles. The van der Waals surface area contributed by atoms with E-state index in [1.807, 2.05) is 0 Å². The molecule has 8 heteroatoms. The molecule has 7 nitrogen and oxygen atoms in total. The number of ether oxygens (including phenoxy) is 2. The molecule has 1 aromatic rings. The van der Waals surface area contributed by atoms with Gasteiger partial charge in [0.25, 0.3) is 11.8 Å². The van der Waals surface area contributed by atoms with E-state index in [9.17, 15) is 14.4 Å². The molecular weight excluding hydrogens is 415 g/mol. The average Bonchev–Trinajstić information content (AvgIpc) is 2.54. The molecule has 1 fully saturated rings. The van der Waals surface area contributed by atoms with Gasteiger partial charge in [0, 0.05) is 14.1 Å². The fourth-order valence-electron chi connectivity index (χ4n) is 2.16. The van der Waals surface area contributed by atoms with Crippen LogP contribution in [0.15, 0.2) is 17.7 Å².